The summed E-state index contributed by atoms with van der Waals surface area (Å²) < 4.78 is 94.3. The predicted octanol–water partition coefficient (Wildman–Crippen LogP) is -1.48. The van der Waals surface area contributed by atoms with Crippen molar-refractivity contribution in [3.05, 3.63) is 0 Å². The van der Waals surface area contributed by atoms with Gasteiger partial charge >= 0.3 is 43.1 Å². The van der Waals surface area contributed by atoms with Gasteiger partial charge in [0.1, 0.15) is 0 Å². The molecule has 86 valence electrons. The maximum absolute atomic E-state index is 12.1. The van der Waals surface area contributed by atoms with Crippen LogP contribution in [0.5, 0.6) is 0 Å². The molecule has 0 spiro atoms. The zero-order valence-corrected chi connectivity index (χ0v) is 7.22. The molecule has 0 saturated heterocycles. The Morgan fingerprint density at radius 3 is 1.47 bits per heavy atom. The van der Waals surface area contributed by atoms with Crippen LogP contribution in [0.15, 0.2) is 0 Å². The average Bonchev–Trinajstić information content (AvgIpc) is 2.03. The Hall–Kier alpha value is -0.00260. The Morgan fingerprint density at radius 1 is 0.933 bits per heavy atom. The number of rotatable bonds is 4. The smallest absolute Gasteiger partial charge is 0.850 e. The summed E-state index contributed by atoms with van der Waals surface area (Å²) in [5.74, 6) is -18.3. The second kappa shape index (κ2) is 4.89. The van der Waals surface area contributed by atoms with Crippen molar-refractivity contribution in [1.29, 1.82) is 0 Å². The third kappa shape index (κ3) is 2.76. The molecule has 0 atom stereocenters. The maximum atomic E-state index is 12.1. The first-order valence-electron chi connectivity index (χ1n) is 3.00. The monoisotopic (exact) mass is 238 g/mol. The molecule has 0 radical (unpaired) electrons. The summed E-state index contributed by atoms with van der Waals surface area (Å²) in [5.41, 5.74) is 0. The summed E-state index contributed by atoms with van der Waals surface area (Å²) >= 11 is 0. The fourth-order valence-electron chi connectivity index (χ4n) is 0.472. The minimum Gasteiger partial charge on any atom is -0.850 e. The van der Waals surface area contributed by atoms with Crippen molar-refractivity contribution >= 4 is 0 Å². The molecule has 0 aliphatic carbocycles. The van der Waals surface area contributed by atoms with Crippen molar-refractivity contribution in [2.75, 3.05) is 6.61 Å². The summed E-state index contributed by atoms with van der Waals surface area (Å²) in [5, 5.41) is 9.46. The second-order valence-corrected chi connectivity index (χ2v) is 2.35. The van der Waals surface area contributed by atoms with E-state index >= 15 is 0 Å². The second-order valence-electron chi connectivity index (χ2n) is 2.35. The predicted molar refractivity (Wildman–Crippen MR) is 25.7 cm³/mol. The fraction of sp³-hybridized carbons (Fsp3) is 1.00. The van der Waals surface area contributed by atoms with Crippen LogP contribution in [-0.2, 0) is 0 Å². The van der Waals surface area contributed by atoms with E-state index in [1.807, 2.05) is 0 Å². The quantitative estimate of drug-likeness (QED) is 0.433. The number of halogens is 8. The Kier molecular flexibility index (Phi) is 5.67. The molecular weight excluding hydrogens is 235 g/mol. The molecule has 1 nitrogen and oxygen atoms in total. The van der Waals surface area contributed by atoms with Gasteiger partial charge in [-0.2, -0.15) is 17.6 Å². The van der Waals surface area contributed by atoms with Crippen molar-refractivity contribution in [3.8, 4) is 0 Å². The zero-order chi connectivity index (χ0) is 11.8. The Balaban J connectivity index is 0. The first-order valence-corrected chi connectivity index (χ1v) is 3.00. The van der Waals surface area contributed by atoms with Gasteiger partial charge in [0, 0.05) is 0 Å². The Morgan fingerprint density at radius 2 is 1.27 bits per heavy atom. The average molecular weight is 238 g/mol. The molecule has 0 rings (SSSR count). The van der Waals surface area contributed by atoms with Crippen LogP contribution in [0.2, 0.25) is 0 Å². The molecule has 0 fully saturated rings. The van der Waals surface area contributed by atoms with Crippen molar-refractivity contribution in [1.82, 2.24) is 0 Å². The summed E-state index contributed by atoms with van der Waals surface area (Å²) in [6.07, 6.45) is -4.98. The minimum atomic E-state index is -6.37. The molecule has 0 N–H and O–H groups in total. The first-order chi connectivity index (χ1) is 6.00. The fourth-order valence-corrected chi connectivity index (χ4v) is 0.472. The van der Waals surface area contributed by atoms with E-state index < -0.39 is 30.8 Å². The Labute approximate surface area is 90.6 Å². The molecule has 0 saturated carbocycles. The molecular formula is C5H3F8LiO. The van der Waals surface area contributed by atoms with Gasteiger partial charge in [0.05, 0.1) is 0 Å². The van der Waals surface area contributed by atoms with E-state index in [1.165, 1.54) is 0 Å². The summed E-state index contributed by atoms with van der Waals surface area (Å²) in [4.78, 5) is 0. The molecule has 0 aromatic carbocycles. The van der Waals surface area contributed by atoms with Gasteiger partial charge in [-0.15, -0.1) is 0 Å². The van der Waals surface area contributed by atoms with E-state index in [1.54, 1.807) is 0 Å². The molecule has 0 bridgehead atoms. The number of alkyl halides is 8. The van der Waals surface area contributed by atoms with Gasteiger partial charge in [-0.25, -0.2) is 17.6 Å². The topological polar surface area (TPSA) is 23.1 Å². The third-order valence-corrected chi connectivity index (χ3v) is 1.33. The number of hydrogen-bond acceptors (Lipinski definition) is 1. The van der Waals surface area contributed by atoms with Crippen LogP contribution in [0.25, 0.3) is 0 Å². The van der Waals surface area contributed by atoms with Gasteiger partial charge in [-0.1, -0.05) is 6.61 Å². The van der Waals surface area contributed by atoms with Crippen molar-refractivity contribution < 1.29 is 59.1 Å². The molecule has 0 aromatic rings. The minimum absolute atomic E-state index is 0. The Bertz CT molecular complexity index is 205. The molecule has 0 aromatic heterocycles. The van der Waals surface area contributed by atoms with E-state index in [4.69, 9.17) is 0 Å². The molecule has 15 heavy (non-hydrogen) atoms. The van der Waals surface area contributed by atoms with Crippen LogP contribution in [0.3, 0.4) is 0 Å². The molecule has 0 amide bonds. The molecule has 10 heteroatoms. The van der Waals surface area contributed by atoms with Crippen LogP contribution in [0.1, 0.15) is 0 Å². The van der Waals surface area contributed by atoms with E-state index in [2.05, 4.69) is 0 Å². The van der Waals surface area contributed by atoms with Crippen LogP contribution in [0.4, 0.5) is 35.1 Å². The van der Waals surface area contributed by atoms with E-state index in [9.17, 15) is 40.2 Å². The molecule has 0 unspecified atom stereocenters. The van der Waals surface area contributed by atoms with Crippen molar-refractivity contribution in [2.45, 2.75) is 24.2 Å². The summed E-state index contributed by atoms with van der Waals surface area (Å²) in [7, 11) is 0. The van der Waals surface area contributed by atoms with Gasteiger partial charge < -0.3 is 5.11 Å². The van der Waals surface area contributed by atoms with E-state index in [0.717, 1.165) is 0 Å². The SMILES string of the molecule is [Li+].[O-]CC(F)(F)C(F)(F)C(F)(F)C(F)F. The van der Waals surface area contributed by atoms with Crippen LogP contribution >= 0.6 is 0 Å². The summed E-state index contributed by atoms with van der Waals surface area (Å²) in [6, 6.07) is 0. The van der Waals surface area contributed by atoms with Gasteiger partial charge in [-0.3, -0.25) is 0 Å². The van der Waals surface area contributed by atoms with Crippen LogP contribution in [-0.4, -0.2) is 30.8 Å². The van der Waals surface area contributed by atoms with Gasteiger partial charge in [0.15, 0.2) is 0 Å². The van der Waals surface area contributed by atoms with E-state index in [-0.39, 0.29) is 18.9 Å². The first kappa shape index (κ1) is 17.4. The summed E-state index contributed by atoms with van der Waals surface area (Å²) in [6.45, 7) is -2.90. The van der Waals surface area contributed by atoms with Gasteiger partial charge in [0.25, 0.3) is 0 Å². The van der Waals surface area contributed by atoms with Gasteiger partial charge in [0.2, 0.25) is 0 Å². The standard InChI is InChI=1S/C5H3F8O.Li/c6-2(7)4(10,11)5(12,13)3(8,9)1-14;/h2H,1H2;/q-1;+1. The zero-order valence-electron chi connectivity index (χ0n) is 7.22. The normalized spacial score (nSPS) is 14.0. The molecule has 0 aliphatic heterocycles. The number of hydrogen-bond donors (Lipinski definition) is 0. The van der Waals surface area contributed by atoms with Crippen LogP contribution in [0, 0.1) is 0 Å². The maximum Gasteiger partial charge on any atom is 1.00 e. The van der Waals surface area contributed by atoms with Crippen LogP contribution < -0.4 is 24.0 Å². The largest absolute Gasteiger partial charge is 1.00 e. The van der Waals surface area contributed by atoms with Gasteiger partial charge in [-0.05, 0) is 0 Å². The third-order valence-electron chi connectivity index (χ3n) is 1.33. The van der Waals surface area contributed by atoms with Crippen molar-refractivity contribution in [3.63, 3.8) is 0 Å². The van der Waals surface area contributed by atoms with Crippen molar-refractivity contribution in [2.24, 2.45) is 0 Å². The molecule has 0 heterocycles. The van der Waals surface area contributed by atoms with E-state index in [0.29, 0.717) is 0 Å². The molecule has 0 aliphatic rings.